The predicted octanol–water partition coefficient (Wildman–Crippen LogP) is -2.81. The quantitative estimate of drug-likeness (QED) is 0.340. The predicted molar refractivity (Wildman–Crippen MR) is 94.4 cm³/mol. The van der Waals surface area contributed by atoms with Crippen molar-refractivity contribution < 1.29 is 34.4 Å². The number of hydrogen-bond donors (Lipinski definition) is 5. The van der Waals surface area contributed by atoms with Crippen molar-refractivity contribution in [1.29, 1.82) is 0 Å². The summed E-state index contributed by atoms with van der Waals surface area (Å²) in [4.78, 5) is 58.4. The summed E-state index contributed by atoms with van der Waals surface area (Å²) in [6.45, 7) is 2.73. The third-order valence-corrected chi connectivity index (χ3v) is 5.11. The first-order valence-electron chi connectivity index (χ1n) is 8.40. The Morgan fingerprint density at radius 2 is 1.83 bits per heavy atom. The normalized spacial score (nSPS) is 30.4. The first-order valence-corrected chi connectivity index (χ1v) is 8.40. The minimum absolute atomic E-state index is 0.222. The number of imidazole rings is 1. The number of aromatic nitrogens is 4. The van der Waals surface area contributed by atoms with Crippen LogP contribution in [0.5, 0.6) is 0 Å². The van der Waals surface area contributed by atoms with Crippen molar-refractivity contribution in [3.05, 3.63) is 16.7 Å². The van der Waals surface area contributed by atoms with Gasteiger partial charge >= 0.3 is 0 Å². The number of carbonyl (C=O) groups is 3. The molecule has 0 spiro atoms. The maximum Gasteiger partial charge on any atom is 0.280 e. The Hall–Kier alpha value is -3.00. The molecule has 0 saturated carbocycles. The van der Waals surface area contributed by atoms with Crippen molar-refractivity contribution in [1.82, 2.24) is 19.5 Å². The summed E-state index contributed by atoms with van der Waals surface area (Å²) in [5.41, 5.74) is -1.58. The number of nitrogens with zero attached hydrogens (tertiary/aromatic N) is 3. The van der Waals surface area contributed by atoms with Crippen LogP contribution in [0.15, 0.2) is 11.1 Å². The van der Waals surface area contributed by atoms with Crippen LogP contribution < -0.4 is 11.3 Å². The molecule has 6 N–H and O–H groups in total. The van der Waals surface area contributed by atoms with Crippen LogP contribution in [0.25, 0.3) is 11.2 Å². The molecule has 2 aromatic rings. The van der Waals surface area contributed by atoms with Gasteiger partial charge in [0.25, 0.3) is 5.56 Å². The van der Waals surface area contributed by atoms with Gasteiger partial charge in [-0.25, -0.2) is 4.98 Å². The number of aliphatic hydroxyl groups is 3. The molecule has 3 heterocycles. The highest BCUT2D eigenvalue weighted by Gasteiger charge is 2.73. The number of fused-ring (bicyclic) bond motifs is 1. The maximum absolute atomic E-state index is 12.4. The SMILES string of the molecule is CC(=O)C(O)C1OC(n2cnc3c(=O)[nH]c(N)nc32)C(O)(C(C)=O)C1(O)C(C)=O. The summed E-state index contributed by atoms with van der Waals surface area (Å²) in [6.07, 6.45) is -4.93. The second-order valence-electron chi connectivity index (χ2n) is 6.88. The highest BCUT2D eigenvalue weighted by atomic mass is 16.6. The molecule has 0 amide bonds. The summed E-state index contributed by atoms with van der Waals surface area (Å²) in [5, 5.41) is 32.5. The van der Waals surface area contributed by atoms with E-state index < -0.39 is 52.5 Å². The second-order valence-corrected chi connectivity index (χ2v) is 6.88. The Kier molecular flexibility index (Phi) is 4.66. The van der Waals surface area contributed by atoms with Crippen LogP contribution in [0.1, 0.15) is 27.0 Å². The van der Waals surface area contributed by atoms with E-state index in [0.717, 1.165) is 31.7 Å². The van der Waals surface area contributed by atoms with Gasteiger partial charge in [-0.2, -0.15) is 4.98 Å². The number of ketones is 3. The first kappa shape index (κ1) is 20.7. The van der Waals surface area contributed by atoms with Gasteiger partial charge in [-0.3, -0.25) is 28.7 Å². The Morgan fingerprint density at radius 3 is 2.34 bits per heavy atom. The molecule has 1 fully saturated rings. The lowest BCUT2D eigenvalue weighted by Gasteiger charge is -2.37. The summed E-state index contributed by atoms with van der Waals surface area (Å²) >= 11 is 0. The van der Waals surface area contributed by atoms with Crippen LogP contribution in [0.2, 0.25) is 0 Å². The molecule has 156 valence electrons. The molecular formula is C16H19N5O8. The van der Waals surface area contributed by atoms with Crippen LogP contribution >= 0.6 is 0 Å². The van der Waals surface area contributed by atoms with Crippen molar-refractivity contribution in [2.24, 2.45) is 0 Å². The molecule has 13 nitrogen and oxygen atoms in total. The highest BCUT2D eigenvalue weighted by Crippen LogP contribution is 2.48. The average molecular weight is 409 g/mol. The topological polar surface area (TPSA) is 211 Å². The number of ether oxygens (including phenoxy) is 1. The number of anilines is 1. The average Bonchev–Trinajstić information content (AvgIpc) is 3.13. The number of nitrogens with one attached hydrogen (secondary N) is 1. The number of nitrogens with two attached hydrogens (primary N) is 1. The molecule has 0 bridgehead atoms. The summed E-state index contributed by atoms with van der Waals surface area (Å²) in [5.74, 6) is -3.41. The van der Waals surface area contributed by atoms with E-state index in [4.69, 9.17) is 10.5 Å². The standard InChI is InChI=1S/C16H19N5O8/c1-5(22)9(25)10-15(27,6(2)23)16(28,7(3)24)13(29-10)21-4-18-8-11(21)19-14(17)20-12(8)26/h4,9-10,13,25,27-28H,1-3H3,(H3,17,19,20,26). The molecule has 1 saturated heterocycles. The Morgan fingerprint density at radius 1 is 1.24 bits per heavy atom. The van der Waals surface area contributed by atoms with E-state index in [9.17, 15) is 34.5 Å². The summed E-state index contributed by atoms with van der Waals surface area (Å²) in [6, 6.07) is 0. The lowest BCUT2D eigenvalue weighted by Crippen LogP contribution is -2.67. The zero-order valence-corrected chi connectivity index (χ0v) is 15.6. The van der Waals surface area contributed by atoms with Gasteiger partial charge in [-0.15, -0.1) is 0 Å². The molecule has 1 aliphatic heterocycles. The van der Waals surface area contributed by atoms with Crippen LogP contribution in [-0.4, -0.2) is 75.6 Å². The number of aromatic amines is 1. The Bertz CT molecular complexity index is 1090. The third-order valence-electron chi connectivity index (χ3n) is 5.11. The van der Waals surface area contributed by atoms with Gasteiger partial charge in [-0.1, -0.05) is 0 Å². The number of carbonyl (C=O) groups excluding carboxylic acids is 3. The summed E-state index contributed by atoms with van der Waals surface area (Å²) in [7, 11) is 0. The number of rotatable bonds is 5. The highest BCUT2D eigenvalue weighted by molar-refractivity contribution is 6.00. The minimum Gasteiger partial charge on any atom is -0.382 e. The van der Waals surface area contributed by atoms with Crippen LogP contribution in [0.3, 0.4) is 0 Å². The van der Waals surface area contributed by atoms with E-state index in [1.54, 1.807) is 0 Å². The van der Waals surface area contributed by atoms with Crippen molar-refractivity contribution in [2.75, 3.05) is 5.73 Å². The van der Waals surface area contributed by atoms with E-state index in [2.05, 4.69) is 15.0 Å². The molecule has 1 aliphatic rings. The lowest BCUT2D eigenvalue weighted by molar-refractivity contribution is -0.184. The molecule has 0 radical (unpaired) electrons. The van der Waals surface area contributed by atoms with Crippen molar-refractivity contribution in [3.63, 3.8) is 0 Å². The molecule has 13 heteroatoms. The molecule has 3 rings (SSSR count). The van der Waals surface area contributed by atoms with Gasteiger partial charge in [0.15, 0.2) is 40.3 Å². The zero-order valence-electron chi connectivity index (χ0n) is 15.6. The van der Waals surface area contributed by atoms with E-state index in [-0.39, 0.29) is 17.1 Å². The fourth-order valence-corrected chi connectivity index (χ4v) is 3.55. The van der Waals surface area contributed by atoms with Gasteiger partial charge < -0.3 is 25.8 Å². The Balaban J connectivity index is 2.32. The molecular weight excluding hydrogens is 390 g/mol. The first-order chi connectivity index (χ1) is 13.4. The van der Waals surface area contributed by atoms with Gasteiger partial charge in [0.2, 0.25) is 11.5 Å². The number of nitrogen functional groups attached to an aromatic ring is 1. The number of aliphatic hydroxyl groups excluding tert-OH is 1. The van der Waals surface area contributed by atoms with E-state index in [0.29, 0.717) is 0 Å². The fourth-order valence-electron chi connectivity index (χ4n) is 3.55. The largest absolute Gasteiger partial charge is 0.382 e. The Labute approximate surface area is 162 Å². The number of hydrogen-bond acceptors (Lipinski definition) is 11. The molecule has 29 heavy (non-hydrogen) atoms. The van der Waals surface area contributed by atoms with E-state index in [1.165, 1.54) is 0 Å². The van der Waals surface area contributed by atoms with Gasteiger partial charge in [-0.05, 0) is 20.8 Å². The van der Waals surface area contributed by atoms with Crippen LogP contribution in [0, 0.1) is 0 Å². The van der Waals surface area contributed by atoms with E-state index >= 15 is 0 Å². The van der Waals surface area contributed by atoms with E-state index in [1.807, 2.05) is 0 Å². The van der Waals surface area contributed by atoms with Crippen molar-refractivity contribution >= 4 is 34.5 Å². The number of H-pyrrole nitrogens is 1. The van der Waals surface area contributed by atoms with Crippen LogP contribution in [0.4, 0.5) is 5.95 Å². The maximum atomic E-state index is 12.4. The smallest absolute Gasteiger partial charge is 0.280 e. The van der Waals surface area contributed by atoms with Crippen LogP contribution in [-0.2, 0) is 19.1 Å². The minimum atomic E-state index is -2.99. The molecule has 0 aliphatic carbocycles. The second kappa shape index (κ2) is 6.52. The summed E-state index contributed by atoms with van der Waals surface area (Å²) < 4.78 is 6.41. The lowest BCUT2D eigenvalue weighted by atomic mass is 9.73. The molecule has 0 aromatic carbocycles. The van der Waals surface area contributed by atoms with Crippen molar-refractivity contribution in [2.45, 2.75) is 50.4 Å². The fraction of sp³-hybridized carbons (Fsp3) is 0.500. The third kappa shape index (κ3) is 2.62. The monoisotopic (exact) mass is 409 g/mol. The number of Topliss-reactive ketones (excluding diaryl/α,β-unsaturated/α-hetero) is 3. The van der Waals surface area contributed by atoms with Gasteiger partial charge in [0.05, 0.1) is 6.33 Å². The molecule has 5 unspecified atom stereocenters. The van der Waals surface area contributed by atoms with Crippen molar-refractivity contribution in [3.8, 4) is 0 Å². The van der Waals surface area contributed by atoms with Gasteiger partial charge in [0.1, 0.15) is 12.2 Å². The van der Waals surface area contributed by atoms with Gasteiger partial charge in [0, 0.05) is 0 Å². The zero-order chi connectivity index (χ0) is 21.9. The molecule has 5 atom stereocenters. The molecule has 2 aromatic heterocycles.